The predicted octanol–water partition coefficient (Wildman–Crippen LogP) is 3.05. The SMILES string of the molecule is O=C(Oc1ccc2nsnc2c1)c1ccc(F)cc1. The van der Waals surface area contributed by atoms with Crippen LogP contribution in [0.5, 0.6) is 5.75 Å². The van der Waals surface area contributed by atoms with Gasteiger partial charge in [0.1, 0.15) is 22.6 Å². The molecule has 0 saturated carbocycles. The fourth-order valence-corrected chi connectivity index (χ4v) is 2.09. The maximum Gasteiger partial charge on any atom is 0.343 e. The van der Waals surface area contributed by atoms with E-state index in [-0.39, 0.29) is 5.56 Å². The average molecular weight is 274 g/mol. The van der Waals surface area contributed by atoms with Gasteiger partial charge in [-0.25, -0.2) is 9.18 Å². The predicted molar refractivity (Wildman–Crippen MR) is 68.8 cm³/mol. The summed E-state index contributed by atoms with van der Waals surface area (Å²) in [7, 11) is 0. The van der Waals surface area contributed by atoms with E-state index in [4.69, 9.17) is 4.74 Å². The van der Waals surface area contributed by atoms with Crippen LogP contribution in [0.15, 0.2) is 42.5 Å². The van der Waals surface area contributed by atoms with Crippen LogP contribution in [-0.4, -0.2) is 14.7 Å². The molecule has 0 unspecified atom stereocenters. The van der Waals surface area contributed by atoms with E-state index in [1.54, 1.807) is 18.2 Å². The van der Waals surface area contributed by atoms with Gasteiger partial charge in [0.15, 0.2) is 0 Å². The van der Waals surface area contributed by atoms with E-state index in [0.717, 1.165) is 17.2 Å². The second-order valence-corrected chi connectivity index (χ2v) is 4.34. The van der Waals surface area contributed by atoms with Gasteiger partial charge in [-0.1, -0.05) is 0 Å². The highest BCUT2D eigenvalue weighted by Gasteiger charge is 2.09. The van der Waals surface area contributed by atoms with E-state index < -0.39 is 11.8 Å². The normalized spacial score (nSPS) is 10.6. The molecule has 0 aliphatic carbocycles. The minimum Gasteiger partial charge on any atom is -0.423 e. The van der Waals surface area contributed by atoms with Crippen LogP contribution in [0.2, 0.25) is 0 Å². The Bertz CT molecular complexity index is 740. The van der Waals surface area contributed by atoms with Crippen LogP contribution in [-0.2, 0) is 0 Å². The average Bonchev–Trinajstić information content (AvgIpc) is 2.87. The largest absolute Gasteiger partial charge is 0.423 e. The van der Waals surface area contributed by atoms with E-state index in [1.807, 2.05) is 0 Å². The Morgan fingerprint density at radius 3 is 2.58 bits per heavy atom. The highest BCUT2D eigenvalue weighted by molar-refractivity contribution is 7.00. The van der Waals surface area contributed by atoms with Crippen molar-refractivity contribution in [2.45, 2.75) is 0 Å². The van der Waals surface area contributed by atoms with Gasteiger partial charge in [0.25, 0.3) is 0 Å². The van der Waals surface area contributed by atoms with Crippen molar-refractivity contribution in [3.05, 3.63) is 53.8 Å². The van der Waals surface area contributed by atoms with Crippen molar-refractivity contribution in [3.8, 4) is 5.75 Å². The first-order valence-corrected chi connectivity index (χ1v) is 6.15. The third-order valence-electron chi connectivity index (χ3n) is 2.52. The molecule has 1 heterocycles. The summed E-state index contributed by atoms with van der Waals surface area (Å²) in [5, 5.41) is 0. The molecule has 0 atom stereocenters. The summed E-state index contributed by atoms with van der Waals surface area (Å²) >= 11 is 1.10. The van der Waals surface area contributed by atoms with Crippen LogP contribution in [0.25, 0.3) is 11.0 Å². The lowest BCUT2D eigenvalue weighted by Gasteiger charge is -2.03. The maximum atomic E-state index is 12.7. The number of aromatic nitrogens is 2. The molecular formula is C13H7FN2O2S. The molecule has 3 aromatic rings. The van der Waals surface area contributed by atoms with Crippen molar-refractivity contribution in [1.29, 1.82) is 0 Å². The number of fused-ring (bicyclic) bond motifs is 1. The van der Waals surface area contributed by atoms with Crippen molar-refractivity contribution in [2.75, 3.05) is 0 Å². The van der Waals surface area contributed by atoms with E-state index in [9.17, 15) is 9.18 Å². The molecule has 0 radical (unpaired) electrons. The maximum absolute atomic E-state index is 12.7. The van der Waals surface area contributed by atoms with Crippen molar-refractivity contribution < 1.29 is 13.9 Å². The van der Waals surface area contributed by atoms with Gasteiger partial charge in [-0.05, 0) is 36.4 Å². The molecule has 0 saturated heterocycles. The van der Waals surface area contributed by atoms with Crippen LogP contribution >= 0.6 is 11.7 Å². The molecule has 19 heavy (non-hydrogen) atoms. The standard InChI is InChI=1S/C13H7FN2O2S/c14-9-3-1-8(2-4-9)13(17)18-10-5-6-11-12(7-10)16-19-15-11/h1-7H. The molecule has 0 amide bonds. The van der Waals surface area contributed by atoms with Gasteiger partial charge in [-0.2, -0.15) is 8.75 Å². The van der Waals surface area contributed by atoms with Crippen LogP contribution in [0.3, 0.4) is 0 Å². The van der Waals surface area contributed by atoms with Crippen molar-refractivity contribution in [2.24, 2.45) is 0 Å². The summed E-state index contributed by atoms with van der Waals surface area (Å²) in [5.74, 6) is -0.552. The number of benzene rings is 2. The third kappa shape index (κ3) is 2.43. The molecular weight excluding hydrogens is 267 g/mol. The quantitative estimate of drug-likeness (QED) is 0.532. The van der Waals surface area contributed by atoms with E-state index >= 15 is 0 Å². The molecule has 94 valence electrons. The Kier molecular flexibility index (Phi) is 2.92. The smallest absolute Gasteiger partial charge is 0.343 e. The van der Waals surface area contributed by atoms with Crippen molar-refractivity contribution in [1.82, 2.24) is 8.75 Å². The molecule has 6 heteroatoms. The zero-order valence-electron chi connectivity index (χ0n) is 9.54. The Morgan fingerprint density at radius 1 is 1.05 bits per heavy atom. The van der Waals surface area contributed by atoms with Crippen LogP contribution < -0.4 is 4.74 Å². The van der Waals surface area contributed by atoms with E-state index in [0.29, 0.717) is 11.3 Å². The molecule has 4 nitrogen and oxygen atoms in total. The van der Waals surface area contributed by atoms with Crippen LogP contribution in [0.4, 0.5) is 4.39 Å². The lowest BCUT2D eigenvalue weighted by atomic mass is 10.2. The first kappa shape index (κ1) is 11.7. The molecule has 1 aromatic heterocycles. The summed E-state index contributed by atoms with van der Waals surface area (Å²) in [5.41, 5.74) is 1.72. The highest BCUT2D eigenvalue weighted by atomic mass is 32.1. The zero-order valence-corrected chi connectivity index (χ0v) is 10.4. The fraction of sp³-hybridized carbons (Fsp3) is 0. The number of nitrogens with zero attached hydrogens (tertiary/aromatic N) is 2. The van der Waals surface area contributed by atoms with Gasteiger partial charge in [-0.15, -0.1) is 0 Å². The molecule has 0 aliphatic heterocycles. The topological polar surface area (TPSA) is 52.1 Å². The summed E-state index contributed by atoms with van der Waals surface area (Å²) in [4.78, 5) is 11.8. The second kappa shape index (κ2) is 4.74. The Balaban J connectivity index is 1.83. The Labute approximate surface area is 111 Å². The Hall–Kier alpha value is -2.34. The van der Waals surface area contributed by atoms with Gasteiger partial charge in [0, 0.05) is 6.07 Å². The number of halogens is 1. The van der Waals surface area contributed by atoms with Gasteiger partial charge < -0.3 is 4.74 Å². The molecule has 3 rings (SSSR count). The number of carbonyl (C=O) groups excluding carboxylic acids is 1. The number of carbonyl (C=O) groups is 1. The first-order chi connectivity index (χ1) is 9.22. The summed E-state index contributed by atoms with van der Waals surface area (Å²) < 4.78 is 26.1. The first-order valence-electron chi connectivity index (χ1n) is 5.42. The minimum atomic E-state index is -0.539. The van der Waals surface area contributed by atoms with Crippen molar-refractivity contribution >= 4 is 28.7 Å². The number of esters is 1. The second-order valence-electron chi connectivity index (χ2n) is 3.81. The van der Waals surface area contributed by atoms with Crippen LogP contribution in [0.1, 0.15) is 10.4 Å². The molecule has 0 N–H and O–H groups in total. The fourth-order valence-electron chi connectivity index (χ4n) is 1.58. The summed E-state index contributed by atoms with van der Waals surface area (Å²) in [6.45, 7) is 0. The van der Waals surface area contributed by atoms with Crippen LogP contribution in [0, 0.1) is 5.82 Å². The summed E-state index contributed by atoms with van der Waals surface area (Å²) in [6.07, 6.45) is 0. The number of hydrogen-bond acceptors (Lipinski definition) is 5. The number of rotatable bonds is 2. The highest BCUT2D eigenvalue weighted by Crippen LogP contribution is 2.20. The third-order valence-corrected chi connectivity index (χ3v) is 3.07. The number of hydrogen-bond donors (Lipinski definition) is 0. The number of ether oxygens (including phenoxy) is 1. The van der Waals surface area contributed by atoms with Gasteiger partial charge in [0.2, 0.25) is 0 Å². The molecule has 0 fully saturated rings. The summed E-state index contributed by atoms with van der Waals surface area (Å²) in [6, 6.07) is 10.2. The van der Waals surface area contributed by atoms with Gasteiger partial charge in [-0.3, -0.25) is 0 Å². The molecule has 0 spiro atoms. The minimum absolute atomic E-state index is 0.290. The monoisotopic (exact) mass is 274 g/mol. The van der Waals surface area contributed by atoms with Gasteiger partial charge in [0.05, 0.1) is 17.3 Å². The zero-order chi connectivity index (χ0) is 13.2. The van der Waals surface area contributed by atoms with E-state index in [1.165, 1.54) is 24.3 Å². The molecule has 0 bridgehead atoms. The molecule has 2 aromatic carbocycles. The lowest BCUT2D eigenvalue weighted by Crippen LogP contribution is -2.08. The van der Waals surface area contributed by atoms with Gasteiger partial charge >= 0.3 is 5.97 Å². The van der Waals surface area contributed by atoms with Crippen molar-refractivity contribution in [3.63, 3.8) is 0 Å². The molecule has 0 aliphatic rings. The lowest BCUT2D eigenvalue weighted by molar-refractivity contribution is 0.0735. The van der Waals surface area contributed by atoms with E-state index in [2.05, 4.69) is 8.75 Å². The Morgan fingerprint density at radius 2 is 1.79 bits per heavy atom.